The number of nitrogens with one attached hydrogen (secondary N) is 2. The van der Waals surface area contributed by atoms with Crippen LogP contribution >= 0.6 is 16.5 Å². The maximum Gasteiger partial charge on any atom is 0.472 e. The van der Waals surface area contributed by atoms with Crippen LogP contribution in [-0.4, -0.2) is 154 Å². The summed E-state index contributed by atoms with van der Waals surface area (Å²) < 4.78 is 67.3. The molecule has 2 heterocycles. The van der Waals surface area contributed by atoms with Crippen molar-refractivity contribution >= 4 is 28.3 Å². The lowest BCUT2D eigenvalue weighted by Crippen LogP contribution is -2.67. The van der Waals surface area contributed by atoms with Gasteiger partial charge in [-0.05, 0) is 64.2 Å². The van der Waals surface area contributed by atoms with E-state index < -0.39 is 96.4 Å². The van der Waals surface area contributed by atoms with Gasteiger partial charge in [0, 0.05) is 33.4 Å². The van der Waals surface area contributed by atoms with Crippen molar-refractivity contribution in [2.45, 2.75) is 364 Å². The average molecular weight is 1320 g/mol. The number of ether oxygens (including phenoxy) is 6. The highest BCUT2D eigenvalue weighted by atomic mass is 31.2. The van der Waals surface area contributed by atoms with Crippen LogP contribution in [0.1, 0.15) is 291 Å². The molecule has 2 aliphatic heterocycles. The minimum atomic E-state index is -5.32. The highest BCUT2D eigenvalue weighted by Crippen LogP contribution is 2.41. The van der Waals surface area contributed by atoms with Crippen LogP contribution in [0.4, 0.5) is 0 Å². The van der Waals surface area contributed by atoms with Crippen molar-refractivity contribution in [2.24, 2.45) is 0 Å². The number of phosphoric acid groups is 1. The van der Waals surface area contributed by atoms with Gasteiger partial charge in [-0.2, -0.15) is 0 Å². The first-order chi connectivity index (χ1) is 43.1. The number of aliphatic hydroxyl groups is 4. The molecule has 0 aromatic rings. The van der Waals surface area contributed by atoms with Gasteiger partial charge >= 0.3 is 16.5 Å². The summed E-state index contributed by atoms with van der Waals surface area (Å²) in [5.41, 5.74) is 0. The maximum atomic E-state index is 13.9. The molecular weight excluding hydrogens is 1190 g/mol. The van der Waals surface area contributed by atoms with E-state index >= 15 is 0 Å². The average Bonchev–Trinajstić information content (AvgIpc) is 1.02. The minimum Gasteiger partial charge on any atom is -0.396 e. The molecule has 2 fully saturated rings. The summed E-state index contributed by atoms with van der Waals surface area (Å²) in [6.45, 7) is 8.25. The van der Waals surface area contributed by atoms with Crippen LogP contribution in [0.5, 0.6) is 0 Å². The summed E-state index contributed by atoms with van der Waals surface area (Å²) in [5, 5.41) is 58.0. The van der Waals surface area contributed by atoms with Gasteiger partial charge in [-0.1, -0.05) is 226 Å². The molecule has 2 aliphatic rings. The van der Waals surface area contributed by atoms with Crippen LogP contribution < -0.4 is 10.6 Å². The molecule has 12 atom stereocenters. The van der Waals surface area contributed by atoms with E-state index in [1.54, 1.807) is 7.11 Å². The third kappa shape index (κ3) is 43.9. The number of phosphoric ester groups is 1. The van der Waals surface area contributed by atoms with E-state index in [-0.39, 0.29) is 51.1 Å². The molecule has 2 saturated heterocycles. The second-order valence-corrected chi connectivity index (χ2v) is 26.2. The number of carbonyl (C=O) groups is 2. The molecule has 0 aromatic heterocycles. The fourth-order valence-corrected chi connectivity index (χ4v) is 12.1. The van der Waals surface area contributed by atoms with Crippen molar-refractivity contribution in [1.82, 2.24) is 10.6 Å². The number of hydrogen-bond acceptors (Lipinski definition) is 17. The Morgan fingerprint density at radius 1 is 0.562 bits per heavy atom. The van der Waals surface area contributed by atoms with E-state index in [9.17, 15) is 44.4 Å². The zero-order valence-corrected chi connectivity index (χ0v) is 57.6. The highest BCUT2D eigenvalue weighted by Gasteiger charge is 2.51. The lowest BCUT2D eigenvalue weighted by Gasteiger charge is -2.47. The quantitative estimate of drug-likeness (QED) is 0.00898. The maximum absolute atomic E-state index is 13.9. The molecule has 0 radical (unpaired) electrons. The van der Waals surface area contributed by atoms with Gasteiger partial charge in [0.25, 0.3) is 0 Å². The molecule has 89 heavy (non-hydrogen) atoms. The third-order valence-electron chi connectivity index (χ3n) is 16.9. The largest absolute Gasteiger partial charge is 0.472 e. The van der Waals surface area contributed by atoms with E-state index in [4.69, 9.17) is 42.8 Å². The predicted molar refractivity (Wildman–Crippen MR) is 348 cm³/mol. The van der Waals surface area contributed by atoms with Crippen LogP contribution in [0.2, 0.25) is 0 Å². The monoisotopic (exact) mass is 1310 g/mol. The zero-order valence-electron chi connectivity index (χ0n) is 55.8. The SMILES string of the molecule is CCCCCC/C=C\CCCCCCCCCC(=O)N[C@H]1[C@H](OC[C@H]2O[C@H](OP(=O)(O)O)[C@H](NC(=O)CC(O)CCCCCCCCCCC)[C@@H](OCCCCCCCCCC)[C@@H]2O)O[C@H](CCO)[C@@H](O)[C@@H]1OCCC(CCCCCCC)OC.O=POO. The topological polar surface area (TPSA) is 308 Å². The second-order valence-electron chi connectivity index (χ2n) is 24.7. The summed E-state index contributed by atoms with van der Waals surface area (Å²) >= 11 is 0. The van der Waals surface area contributed by atoms with Gasteiger partial charge < -0.3 is 69.3 Å². The molecule has 23 heteroatoms. The van der Waals surface area contributed by atoms with Crippen LogP contribution in [0, 0.1) is 0 Å². The number of allylic oxidation sites excluding steroid dienone is 2. The third-order valence-corrected chi connectivity index (χ3v) is 17.4. The van der Waals surface area contributed by atoms with E-state index in [1.165, 1.54) is 89.9 Å². The summed E-state index contributed by atoms with van der Waals surface area (Å²) in [6.07, 6.45) is 32.4. The fourth-order valence-electron chi connectivity index (χ4n) is 11.6. The second kappa shape index (κ2) is 57.8. The van der Waals surface area contributed by atoms with Crippen molar-refractivity contribution in [2.75, 3.05) is 33.5 Å². The fraction of sp³-hybridized carbons (Fsp3) is 0.939. The summed E-state index contributed by atoms with van der Waals surface area (Å²) in [6, 6.07) is -2.52. The Balaban J connectivity index is 0.00000958. The molecule has 2 unspecified atom stereocenters. The number of rotatable bonds is 58. The smallest absolute Gasteiger partial charge is 0.396 e. The van der Waals surface area contributed by atoms with Crippen molar-refractivity contribution in [3.8, 4) is 0 Å². The standard InChI is InChI=1S/C66H127N2O16P.HO3P/c1-6-10-14-18-21-24-25-26-27-28-29-31-33-37-41-45-57(71)67-59-63(80-50-47-54(78-5)44-40-35-17-13-9-4)61(73)55(46-48-69)82-65(59)81-52-56-62(74)64(79-49-42-38-34-23-20-16-12-8-3)60(66(83-56)84-85(75,76)77)68-58(72)51-53(70)43-39-36-32-30-22-19-15-11-7-2;1-3-4-2/h24-25,53-56,59-66,69-70,73-74H,6-23,26-52H2,1-5H3,(H,67,71)(H,68,72)(H2,75,76,77);1H/b25-24-;/t53?,54?,55-,56-,59-,60-,61-,62-,63-,64-,65-,66-;/m1./s1. The Morgan fingerprint density at radius 2 is 0.989 bits per heavy atom. The van der Waals surface area contributed by atoms with Crippen LogP contribution in [0.3, 0.4) is 0 Å². The van der Waals surface area contributed by atoms with Crippen molar-refractivity contribution < 1.29 is 91.8 Å². The van der Waals surface area contributed by atoms with Gasteiger partial charge in [-0.25, -0.2) is 14.4 Å². The van der Waals surface area contributed by atoms with Gasteiger partial charge in [0.05, 0.1) is 31.3 Å². The van der Waals surface area contributed by atoms with E-state index in [0.717, 1.165) is 128 Å². The van der Waals surface area contributed by atoms with Crippen molar-refractivity contribution in [3.63, 3.8) is 0 Å². The Labute approximate surface area is 538 Å². The van der Waals surface area contributed by atoms with Gasteiger partial charge in [-0.15, -0.1) is 4.67 Å². The minimum absolute atomic E-state index is 0.000506. The van der Waals surface area contributed by atoms with Gasteiger partial charge in [0.15, 0.2) is 12.6 Å². The molecule has 2 amide bonds. The Hall–Kier alpha value is -1.59. The lowest BCUT2D eigenvalue weighted by molar-refractivity contribution is -0.300. The van der Waals surface area contributed by atoms with E-state index in [1.807, 2.05) is 0 Å². The highest BCUT2D eigenvalue weighted by molar-refractivity contribution is 7.46. The normalized spacial score (nSPS) is 22.9. The molecule has 0 saturated carbocycles. The molecular formula is C66H128N2O19P2. The number of carbonyl (C=O) groups excluding carboxylic acids is 2. The number of amides is 2. The van der Waals surface area contributed by atoms with Gasteiger partial charge in [0.1, 0.15) is 42.6 Å². The van der Waals surface area contributed by atoms with Crippen LogP contribution in [0.25, 0.3) is 0 Å². The molecule has 0 aromatic carbocycles. The number of aliphatic hydroxyl groups excluding tert-OH is 4. The van der Waals surface area contributed by atoms with Crippen molar-refractivity contribution in [1.29, 1.82) is 0 Å². The Bertz CT molecular complexity index is 1740. The van der Waals surface area contributed by atoms with Gasteiger partial charge in [0.2, 0.25) is 11.8 Å². The Morgan fingerprint density at radius 3 is 1.49 bits per heavy atom. The van der Waals surface area contributed by atoms with E-state index in [0.29, 0.717) is 25.7 Å². The first-order valence-corrected chi connectivity index (χ1v) is 37.3. The molecule has 21 nitrogen and oxygen atoms in total. The molecule has 0 aliphatic carbocycles. The molecule has 526 valence electrons. The summed E-state index contributed by atoms with van der Waals surface area (Å²) in [5.74, 6) is -0.944. The molecule has 9 N–H and O–H groups in total. The van der Waals surface area contributed by atoms with Crippen molar-refractivity contribution in [3.05, 3.63) is 12.2 Å². The van der Waals surface area contributed by atoms with E-state index in [2.05, 4.69) is 55.2 Å². The van der Waals surface area contributed by atoms with Crippen LogP contribution in [0.15, 0.2) is 12.2 Å². The summed E-state index contributed by atoms with van der Waals surface area (Å²) in [4.78, 5) is 48.1. The number of unbranched alkanes of at least 4 members (excludes halogenated alkanes) is 30. The van der Waals surface area contributed by atoms with Crippen LogP contribution in [-0.2, 0) is 56.3 Å². The summed E-state index contributed by atoms with van der Waals surface area (Å²) in [7, 11) is -4.34. The zero-order chi connectivity index (χ0) is 65.6. The number of hydrogen-bond donors (Lipinski definition) is 9. The molecule has 0 spiro atoms. The molecule has 0 bridgehead atoms. The predicted octanol–water partition coefficient (Wildman–Crippen LogP) is 13.7. The first-order valence-electron chi connectivity index (χ1n) is 35.1. The number of methoxy groups -OCH3 is 1. The van der Waals surface area contributed by atoms with Gasteiger partial charge in [-0.3, -0.25) is 14.1 Å². The lowest BCUT2D eigenvalue weighted by atomic mass is 9.94. The Kier molecular flexibility index (Phi) is 55.5. The first kappa shape index (κ1) is 85.4. The molecule has 2 rings (SSSR count).